The van der Waals surface area contributed by atoms with Gasteiger partial charge in [0, 0.05) is 38.3 Å². The molecule has 0 radical (unpaired) electrons. The monoisotopic (exact) mass is 337 g/mol. The van der Waals surface area contributed by atoms with Crippen LogP contribution >= 0.6 is 0 Å². The zero-order chi connectivity index (χ0) is 17.4. The quantitative estimate of drug-likeness (QED) is 0.728. The molecule has 1 aliphatic heterocycles. The summed E-state index contributed by atoms with van der Waals surface area (Å²) >= 11 is 0. The molecule has 132 valence electrons. The van der Waals surface area contributed by atoms with E-state index in [0.717, 1.165) is 25.2 Å². The Hall–Kier alpha value is -2.14. The molecule has 0 aliphatic carbocycles. The molecule has 0 amide bonds. The number of para-hydroxylation sites is 2. The van der Waals surface area contributed by atoms with E-state index in [4.69, 9.17) is 4.98 Å². The van der Waals surface area contributed by atoms with Gasteiger partial charge in [-0.15, -0.1) is 0 Å². The molecule has 3 heterocycles. The minimum absolute atomic E-state index is 0.426. The highest BCUT2D eigenvalue weighted by molar-refractivity contribution is 5.76. The van der Waals surface area contributed by atoms with Crippen LogP contribution in [-0.4, -0.2) is 37.3 Å². The van der Waals surface area contributed by atoms with E-state index >= 15 is 0 Å². The van der Waals surface area contributed by atoms with Gasteiger partial charge < -0.3 is 4.57 Å². The number of hydrogen-bond donors (Lipinski definition) is 0. The number of nitrogens with zero attached hydrogens (tertiary/aromatic N) is 5. The number of piperidine rings is 1. The van der Waals surface area contributed by atoms with Gasteiger partial charge in [-0.25, -0.2) is 4.98 Å². The summed E-state index contributed by atoms with van der Waals surface area (Å²) in [7, 11) is 2.02. The smallest absolute Gasteiger partial charge is 0.114 e. The third kappa shape index (κ3) is 3.09. The van der Waals surface area contributed by atoms with Crippen LogP contribution in [0.3, 0.4) is 0 Å². The topological polar surface area (TPSA) is 38.9 Å². The lowest BCUT2D eigenvalue weighted by molar-refractivity contribution is 0.190. The van der Waals surface area contributed by atoms with Gasteiger partial charge in [0.05, 0.1) is 16.7 Å². The van der Waals surface area contributed by atoms with Crippen LogP contribution in [0.5, 0.6) is 0 Å². The first-order valence-corrected chi connectivity index (χ1v) is 9.29. The van der Waals surface area contributed by atoms with Crippen molar-refractivity contribution < 1.29 is 0 Å². The van der Waals surface area contributed by atoms with Crippen LogP contribution in [0.2, 0.25) is 0 Å². The van der Waals surface area contributed by atoms with Crippen LogP contribution in [0.25, 0.3) is 11.0 Å². The molecule has 0 N–H and O–H groups in total. The lowest BCUT2D eigenvalue weighted by Gasteiger charge is -2.33. The molecular weight excluding hydrogens is 310 g/mol. The Balaban J connectivity index is 1.62. The number of imidazole rings is 1. The Morgan fingerprint density at radius 3 is 2.80 bits per heavy atom. The molecule has 1 saturated heterocycles. The maximum Gasteiger partial charge on any atom is 0.114 e. The number of aryl methyl sites for hydroxylation is 1. The van der Waals surface area contributed by atoms with Gasteiger partial charge in [-0.05, 0) is 51.4 Å². The largest absolute Gasteiger partial charge is 0.325 e. The summed E-state index contributed by atoms with van der Waals surface area (Å²) in [6.45, 7) is 7.71. The Bertz CT molecular complexity index is 860. The molecule has 0 unspecified atom stereocenters. The van der Waals surface area contributed by atoms with Gasteiger partial charge in [0.15, 0.2) is 0 Å². The SMILES string of the molecule is CC(C)n1c([C@@H]2CCCN(Cc3ccnn3C)C2)nc2ccccc21. The maximum absolute atomic E-state index is 5.03. The van der Waals surface area contributed by atoms with E-state index in [1.165, 1.54) is 29.9 Å². The van der Waals surface area contributed by atoms with Gasteiger partial charge in [-0.2, -0.15) is 5.10 Å². The normalized spacial score (nSPS) is 19.1. The summed E-state index contributed by atoms with van der Waals surface area (Å²) in [5.41, 5.74) is 3.66. The van der Waals surface area contributed by atoms with Gasteiger partial charge >= 0.3 is 0 Å². The number of benzene rings is 1. The molecule has 25 heavy (non-hydrogen) atoms. The van der Waals surface area contributed by atoms with E-state index in [0.29, 0.717) is 12.0 Å². The third-order valence-electron chi connectivity index (χ3n) is 5.32. The molecular formula is C20H27N5. The predicted octanol–water partition coefficient (Wildman–Crippen LogP) is 3.73. The van der Waals surface area contributed by atoms with E-state index in [2.05, 4.69) is 58.7 Å². The van der Waals surface area contributed by atoms with Crippen molar-refractivity contribution in [3.63, 3.8) is 0 Å². The second-order valence-corrected chi connectivity index (χ2v) is 7.44. The molecule has 1 aromatic carbocycles. The first-order chi connectivity index (χ1) is 12.1. The number of hydrogen-bond acceptors (Lipinski definition) is 3. The fourth-order valence-corrected chi connectivity index (χ4v) is 4.09. The third-order valence-corrected chi connectivity index (χ3v) is 5.32. The average molecular weight is 337 g/mol. The Kier molecular flexibility index (Phi) is 4.34. The van der Waals surface area contributed by atoms with Gasteiger partial charge in [0.2, 0.25) is 0 Å². The van der Waals surface area contributed by atoms with Crippen molar-refractivity contribution >= 4 is 11.0 Å². The van der Waals surface area contributed by atoms with Crippen molar-refractivity contribution in [2.45, 2.75) is 45.2 Å². The average Bonchev–Trinajstić information content (AvgIpc) is 3.19. The second kappa shape index (κ2) is 6.64. The minimum atomic E-state index is 0.426. The number of likely N-dealkylation sites (tertiary alicyclic amines) is 1. The van der Waals surface area contributed by atoms with Gasteiger partial charge in [-0.3, -0.25) is 9.58 Å². The molecule has 5 heteroatoms. The summed E-state index contributed by atoms with van der Waals surface area (Å²) in [4.78, 5) is 7.58. The Labute approximate surface area is 149 Å². The zero-order valence-corrected chi connectivity index (χ0v) is 15.4. The van der Waals surface area contributed by atoms with Crippen LogP contribution < -0.4 is 0 Å². The predicted molar refractivity (Wildman–Crippen MR) is 101 cm³/mol. The van der Waals surface area contributed by atoms with Crippen molar-refractivity contribution in [2.75, 3.05) is 13.1 Å². The molecule has 5 nitrogen and oxygen atoms in total. The molecule has 1 atom stereocenters. The highest BCUT2D eigenvalue weighted by Crippen LogP contribution is 2.32. The van der Waals surface area contributed by atoms with Crippen molar-refractivity contribution in [1.82, 2.24) is 24.2 Å². The molecule has 1 aliphatic rings. The van der Waals surface area contributed by atoms with Crippen LogP contribution in [0, 0.1) is 0 Å². The molecule has 0 bridgehead atoms. The molecule has 0 spiro atoms. The van der Waals surface area contributed by atoms with Gasteiger partial charge in [0.1, 0.15) is 5.82 Å². The minimum Gasteiger partial charge on any atom is -0.325 e. The van der Waals surface area contributed by atoms with Gasteiger partial charge in [0.25, 0.3) is 0 Å². The molecule has 0 saturated carbocycles. The van der Waals surface area contributed by atoms with Crippen molar-refractivity contribution in [3.05, 3.63) is 48.0 Å². The standard InChI is InChI=1S/C20H27N5/c1-15(2)25-19-9-5-4-8-18(19)22-20(25)16-7-6-12-24(13-16)14-17-10-11-21-23(17)3/h4-5,8-11,15-16H,6-7,12-14H2,1-3H3/t16-/m1/s1. The molecule has 2 aromatic heterocycles. The molecule has 4 rings (SSSR count). The fraction of sp³-hybridized carbons (Fsp3) is 0.500. The highest BCUT2D eigenvalue weighted by Gasteiger charge is 2.27. The van der Waals surface area contributed by atoms with Crippen molar-refractivity contribution in [2.24, 2.45) is 7.05 Å². The Morgan fingerprint density at radius 1 is 1.20 bits per heavy atom. The van der Waals surface area contributed by atoms with Crippen molar-refractivity contribution in [3.8, 4) is 0 Å². The van der Waals surface area contributed by atoms with Crippen LogP contribution in [0.1, 0.15) is 50.2 Å². The first-order valence-electron chi connectivity index (χ1n) is 9.29. The molecule has 1 fully saturated rings. The van der Waals surface area contributed by atoms with Crippen LogP contribution in [-0.2, 0) is 13.6 Å². The summed E-state index contributed by atoms with van der Waals surface area (Å²) in [6.07, 6.45) is 4.33. The lowest BCUT2D eigenvalue weighted by Crippen LogP contribution is -2.35. The van der Waals surface area contributed by atoms with E-state index in [-0.39, 0.29) is 0 Å². The van der Waals surface area contributed by atoms with E-state index in [9.17, 15) is 0 Å². The maximum atomic E-state index is 5.03. The van der Waals surface area contributed by atoms with E-state index in [1.807, 2.05) is 17.9 Å². The second-order valence-electron chi connectivity index (χ2n) is 7.44. The molecule has 3 aromatic rings. The first kappa shape index (κ1) is 16.3. The lowest BCUT2D eigenvalue weighted by atomic mass is 9.96. The van der Waals surface area contributed by atoms with Crippen LogP contribution in [0.15, 0.2) is 36.5 Å². The fourth-order valence-electron chi connectivity index (χ4n) is 4.09. The summed E-state index contributed by atoms with van der Waals surface area (Å²) in [5.74, 6) is 1.75. The highest BCUT2D eigenvalue weighted by atomic mass is 15.3. The van der Waals surface area contributed by atoms with E-state index < -0.39 is 0 Å². The summed E-state index contributed by atoms with van der Waals surface area (Å²) in [5, 5.41) is 4.30. The number of fused-ring (bicyclic) bond motifs is 1. The van der Waals surface area contributed by atoms with Gasteiger partial charge in [-0.1, -0.05) is 12.1 Å². The zero-order valence-electron chi connectivity index (χ0n) is 15.4. The summed E-state index contributed by atoms with van der Waals surface area (Å²) < 4.78 is 4.42. The number of aromatic nitrogens is 4. The Morgan fingerprint density at radius 2 is 2.04 bits per heavy atom. The van der Waals surface area contributed by atoms with E-state index in [1.54, 1.807) is 0 Å². The summed E-state index contributed by atoms with van der Waals surface area (Å²) in [6, 6.07) is 11.1. The van der Waals surface area contributed by atoms with Crippen LogP contribution in [0.4, 0.5) is 0 Å². The van der Waals surface area contributed by atoms with Crippen molar-refractivity contribution in [1.29, 1.82) is 0 Å². The number of rotatable bonds is 4.